The highest BCUT2D eigenvalue weighted by Gasteiger charge is 2.56. The third-order valence-electron chi connectivity index (χ3n) is 7.28. The number of aliphatic carboxylic acids is 1. The van der Waals surface area contributed by atoms with E-state index in [1.165, 1.54) is 15.9 Å². The molecule has 0 radical (unpaired) electrons. The summed E-state index contributed by atoms with van der Waals surface area (Å²) < 4.78 is 20.6. The average Bonchev–Trinajstić information content (AvgIpc) is 3.65. The number of para-hydroxylation sites is 1. The predicted octanol–water partition coefficient (Wildman–Crippen LogP) is 3.38. The molecule has 3 aromatic rings. The summed E-state index contributed by atoms with van der Waals surface area (Å²) in [7, 11) is 1.56. The maximum Gasteiger partial charge on any atom is 0.374 e. The molecule has 10 nitrogen and oxygen atoms in total. The Hall–Kier alpha value is -2.80. The van der Waals surface area contributed by atoms with Crippen molar-refractivity contribution in [3.05, 3.63) is 60.0 Å². The molecule has 5 rings (SSSR count). The molecule has 1 unspecified atom stereocenters. The lowest BCUT2D eigenvalue weighted by molar-refractivity contribution is -0.151. The number of carboxylic acid groups (broad SMARTS) is 1. The van der Waals surface area contributed by atoms with E-state index >= 15 is 0 Å². The van der Waals surface area contributed by atoms with Crippen LogP contribution in [-0.4, -0.2) is 52.4 Å². The van der Waals surface area contributed by atoms with Crippen LogP contribution < -0.4 is 16.0 Å². The van der Waals surface area contributed by atoms with Crippen LogP contribution in [0.3, 0.4) is 0 Å². The van der Waals surface area contributed by atoms with Crippen molar-refractivity contribution in [1.82, 2.24) is 9.13 Å². The van der Waals surface area contributed by atoms with Crippen molar-refractivity contribution in [3.8, 4) is 5.75 Å². The molecular formula is C26H27BrN2O8S. The monoisotopic (exact) mass is 606 g/mol. The van der Waals surface area contributed by atoms with Crippen LogP contribution in [0.4, 0.5) is 0 Å². The number of aryl methyl sites for hydroxylation is 1. The van der Waals surface area contributed by atoms with E-state index < -0.39 is 34.6 Å². The van der Waals surface area contributed by atoms with Gasteiger partial charge in [-0.25, -0.2) is 14.2 Å². The maximum atomic E-state index is 14.0. The van der Waals surface area contributed by atoms with E-state index in [4.69, 9.17) is 14.2 Å². The Bertz CT molecular complexity index is 1530. The molecule has 202 valence electrons. The van der Waals surface area contributed by atoms with Crippen molar-refractivity contribution in [2.45, 2.75) is 56.9 Å². The zero-order valence-electron chi connectivity index (χ0n) is 20.9. The van der Waals surface area contributed by atoms with Crippen LogP contribution in [0.2, 0.25) is 0 Å². The molecular weight excluding hydrogens is 580 g/mol. The number of halogens is 1. The summed E-state index contributed by atoms with van der Waals surface area (Å²) in [5.74, 6) is -2.24. The number of hydrogen-bond donors (Lipinski definition) is 1. The van der Waals surface area contributed by atoms with Gasteiger partial charge in [0.2, 0.25) is 0 Å². The number of methoxy groups -OCH3 is 1. The third-order valence-corrected chi connectivity index (χ3v) is 9.47. The molecule has 1 aliphatic heterocycles. The summed E-state index contributed by atoms with van der Waals surface area (Å²) >= 11 is 4.73. The second kappa shape index (κ2) is 10.4. The number of ether oxygens (including phenoxy) is 3. The van der Waals surface area contributed by atoms with Gasteiger partial charge in [-0.05, 0) is 60.2 Å². The minimum Gasteiger partial charge on any atom is -0.496 e. The number of hydrogen-bond acceptors (Lipinski definition) is 8. The number of carbonyl (C=O) groups excluding carboxylic acids is 1. The molecule has 1 aromatic carbocycles. The van der Waals surface area contributed by atoms with Gasteiger partial charge in [0, 0.05) is 18.8 Å². The van der Waals surface area contributed by atoms with Gasteiger partial charge in [-0.15, -0.1) is 11.3 Å². The second-order valence-electron chi connectivity index (χ2n) is 9.56. The molecule has 1 saturated carbocycles. The first kappa shape index (κ1) is 26.8. The Morgan fingerprint density at radius 2 is 1.92 bits per heavy atom. The topological polar surface area (TPSA) is 126 Å². The Labute approximate surface area is 229 Å². The molecule has 0 amide bonds. The summed E-state index contributed by atoms with van der Waals surface area (Å²) in [5.41, 5.74) is -1.73. The van der Waals surface area contributed by atoms with Crippen LogP contribution in [-0.2, 0) is 31.1 Å². The maximum absolute atomic E-state index is 14.0. The van der Waals surface area contributed by atoms with Gasteiger partial charge >= 0.3 is 11.7 Å². The number of thiophene rings is 1. The molecule has 2 aliphatic rings. The van der Waals surface area contributed by atoms with Gasteiger partial charge in [0.05, 0.1) is 28.9 Å². The van der Waals surface area contributed by atoms with Crippen molar-refractivity contribution >= 4 is 49.2 Å². The van der Waals surface area contributed by atoms with Gasteiger partial charge in [-0.3, -0.25) is 14.2 Å². The fourth-order valence-electron chi connectivity index (χ4n) is 5.08. The van der Waals surface area contributed by atoms with Crippen LogP contribution in [0.15, 0.2) is 37.6 Å². The predicted molar refractivity (Wildman–Crippen MR) is 143 cm³/mol. The summed E-state index contributed by atoms with van der Waals surface area (Å²) in [6.07, 6.45) is 0.850. The number of Topliss-reactive ketones (excluding diaryl/α,β-unsaturated/α-hetero) is 1. The molecule has 1 N–H and O–H groups in total. The fourth-order valence-corrected chi connectivity index (χ4v) is 6.77. The van der Waals surface area contributed by atoms with E-state index in [9.17, 15) is 24.3 Å². The highest BCUT2D eigenvalue weighted by atomic mass is 79.9. The lowest BCUT2D eigenvalue weighted by Crippen LogP contribution is -2.50. The van der Waals surface area contributed by atoms with Crippen LogP contribution >= 0.6 is 27.3 Å². The Kier molecular flexibility index (Phi) is 7.33. The molecule has 0 spiro atoms. The van der Waals surface area contributed by atoms with E-state index in [0.717, 1.165) is 10.1 Å². The van der Waals surface area contributed by atoms with Gasteiger partial charge in [0.1, 0.15) is 22.2 Å². The van der Waals surface area contributed by atoms with Crippen molar-refractivity contribution in [2.24, 2.45) is 0 Å². The number of carboxylic acids is 1. The molecule has 2 fully saturated rings. The summed E-state index contributed by atoms with van der Waals surface area (Å²) in [4.78, 5) is 52.4. The molecule has 3 heterocycles. The summed E-state index contributed by atoms with van der Waals surface area (Å²) in [5, 5.41) is 9.73. The summed E-state index contributed by atoms with van der Waals surface area (Å²) in [6, 6.07) is 7.37. The van der Waals surface area contributed by atoms with Crippen molar-refractivity contribution in [3.63, 3.8) is 0 Å². The van der Waals surface area contributed by atoms with Crippen LogP contribution in [0.1, 0.15) is 42.9 Å². The van der Waals surface area contributed by atoms with E-state index in [1.54, 1.807) is 14.0 Å². The minimum absolute atomic E-state index is 0.0249. The van der Waals surface area contributed by atoms with Gasteiger partial charge in [-0.1, -0.05) is 18.2 Å². The van der Waals surface area contributed by atoms with Crippen molar-refractivity contribution in [2.75, 3.05) is 20.3 Å². The van der Waals surface area contributed by atoms with E-state index in [-0.39, 0.29) is 30.9 Å². The van der Waals surface area contributed by atoms with Crippen molar-refractivity contribution in [1.29, 1.82) is 0 Å². The number of fused-ring (bicyclic) bond motifs is 1. The van der Waals surface area contributed by atoms with Crippen LogP contribution in [0.5, 0.6) is 5.75 Å². The molecule has 1 atom stereocenters. The quantitative estimate of drug-likeness (QED) is 0.367. The SMILES string of the molecule is COc1ccccc1C(Cn1c(=O)n(C2(C(=O)C(=O)O)CC2)c(=O)c2c(C)c(Br)sc21)OC1CCOCC1. The normalized spacial score (nSPS) is 17.9. The first-order chi connectivity index (χ1) is 18.2. The smallest absolute Gasteiger partial charge is 0.374 e. The molecule has 2 aromatic heterocycles. The molecule has 0 bridgehead atoms. The number of aromatic nitrogens is 2. The van der Waals surface area contributed by atoms with E-state index in [2.05, 4.69) is 15.9 Å². The lowest BCUT2D eigenvalue weighted by atomic mass is 10.1. The van der Waals surface area contributed by atoms with Gasteiger partial charge in [-0.2, -0.15) is 0 Å². The first-order valence-electron chi connectivity index (χ1n) is 12.3. The minimum atomic E-state index is -1.68. The second-order valence-corrected chi connectivity index (χ2v) is 11.9. The molecule has 38 heavy (non-hydrogen) atoms. The highest BCUT2D eigenvalue weighted by molar-refractivity contribution is 9.11. The molecule has 1 saturated heterocycles. The van der Waals surface area contributed by atoms with Crippen LogP contribution in [0, 0.1) is 6.92 Å². The standard InChI is InChI=1S/C26H27BrN2O8S/c1-14-19-22(31)29(26(9-10-26)20(30)24(32)33)25(34)28(23(19)38-21(14)27)13-18(37-15-7-11-36-12-8-15)16-5-3-4-6-17(16)35-2/h3-6,15,18H,7-13H2,1-2H3,(H,32,33). The number of nitrogens with zero attached hydrogens (tertiary/aromatic N) is 2. The van der Waals surface area contributed by atoms with Crippen LogP contribution in [0.25, 0.3) is 10.2 Å². The Balaban J connectivity index is 1.70. The largest absolute Gasteiger partial charge is 0.496 e. The van der Waals surface area contributed by atoms with Crippen molar-refractivity contribution < 1.29 is 28.9 Å². The highest BCUT2D eigenvalue weighted by Crippen LogP contribution is 2.44. The molecule has 1 aliphatic carbocycles. The fraction of sp³-hybridized carbons (Fsp3) is 0.462. The first-order valence-corrected chi connectivity index (χ1v) is 13.9. The Morgan fingerprint density at radius 1 is 1.24 bits per heavy atom. The van der Waals surface area contributed by atoms with Gasteiger partial charge in [0.15, 0.2) is 0 Å². The summed E-state index contributed by atoms with van der Waals surface area (Å²) in [6.45, 7) is 2.90. The zero-order valence-corrected chi connectivity index (χ0v) is 23.3. The molecule has 12 heteroatoms. The average molecular weight is 607 g/mol. The van der Waals surface area contributed by atoms with Gasteiger partial charge in [0.25, 0.3) is 11.3 Å². The van der Waals surface area contributed by atoms with E-state index in [0.29, 0.717) is 46.0 Å². The number of ketones is 1. The third kappa shape index (κ3) is 4.53. The zero-order chi connectivity index (χ0) is 27.2. The number of benzene rings is 1. The van der Waals surface area contributed by atoms with Gasteiger partial charge < -0.3 is 19.3 Å². The number of rotatable bonds is 9. The van der Waals surface area contributed by atoms with E-state index in [1.807, 2.05) is 24.3 Å². The lowest BCUT2D eigenvalue weighted by Gasteiger charge is -2.29. The Morgan fingerprint density at radius 3 is 2.55 bits per heavy atom. The number of carbonyl (C=O) groups is 2.